The molecule has 4 N–H and O–H groups in total. The van der Waals surface area contributed by atoms with E-state index in [0.29, 0.717) is 10.7 Å². The Morgan fingerprint density at radius 3 is 2.37 bits per heavy atom. The Hall–Kier alpha value is -2.74. The lowest BCUT2D eigenvalue weighted by atomic mass is 10.1. The van der Waals surface area contributed by atoms with Gasteiger partial charge >= 0.3 is 0 Å². The molecular weight excluding hydrogens is 533 g/mol. The number of nitrogens with one attached hydrogen (secondary N) is 2. The van der Waals surface area contributed by atoms with Crippen molar-refractivity contribution in [1.82, 2.24) is 14.6 Å². The molecule has 0 saturated heterocycles. The van der Waals surface area contributed by atoms with Crippen molar-refractivity contribution in [2.24, 2.45) is 0 Å². The van der Waals surface area contributed by atoms with Crippen molar-refractivity contribution in [3.05, 3.63) is 81.1 Å². The molecular formula is C23H22Cl3N5O3S. The number of nitrogens with zero attached hydrogens (tertiary/aromatic N) is 2. The molecule has 184 valence electrons. The summed E-state index contributed by atoms with van der Waals surface area (Å²) < 4.78 is 30.4. The van der Waals surface area contributed by atoms with Gasteiger partial charge in [0.25, 0.3) is 0 Å². The van der Waals surface area contributed by atoms with Crippen LogP contribution in [0.3, 0.4) is 0 Å². The summed E-state index contributed by atoms with van der Waals surface area (Å²) in [4.78, 5) is 12.9. The van der Waals surface area contributed by atoms with Crippen LogP contribution >= 0.6 is 34.8 Å². The van der Waals surface area contributed by atoms with Gasteiger partial charge in [0.1, 0.15) is 17.8 Å². The number of amides is 1. The monoisotopic (exact) mass is 553 g/mol. The van der Waals surface area contributed by atoms with Gasteiger partial charge in [0, 0.05) is 23.8 Å². The van der Waals surface area contributed by atoms with Gasteiger partial charge in [-0.1, -0.05) is 46.9 Å². The van der Waals surface area contributed by atoms with Gasteiger partial charge in [-0.3, -0.25) is 4.79 Å². The van der Waals surface area contributed by atoms with Crippen LogP contribution in [-0.4, -0.2) is 24.9 Å². The number of aromatic nitrogens is 1. The highest BCUT2D eigenvalue weighted by molar-refractivity contribution is 7.89. The predicted octanol–water partition coefficient (Wildman–Crippen LogP) is 4.52. The minimum Gasteiger partial charge on any atom is -0.396 e. The van der Waals surface area contributed by atoms with Crippen LogP contribution in [0.5, 0.6) is 0 Å². The zero-order valence-corrected chi connectivity index (χ0v) is 21.6. The van der Waals surface area contributed by atoms with Crippen LogP contribution in [0.25, 0.3) is 0 Å². The minimum atomic E-state index is -4.21. The van der Waals surface area contributed by atoms with Crippen molar-refractivity contribution in [2.45, 2.75) is 36.9 Å². The van der Waals surface area contributed by atoms with Crippen LogP contribution < -0.4 is 15.8 Å². The zero-order valence-electron chi connectivity index (χ0n) is 18.5. The number of benzene rings is 2. The Kier molecular flexibility index (Phi) is 8.70. The van der Waals surface area contributed by atoms with Crippen molar-refractivity contribution in [1.29, 1.82) is 5.26 Å². The largest absolute Gasteiger partial charge is 0.396 e. The normalized spacial score (nSPS) is 13.1. The van der Waals surface area contributed by atoms with E-state index in [4.69, 9.17) is 40.5 Å². The van der Waals surface area contributed by atoms with Crippen molar-refractivity contribution in [2.75, 3.05) is 5.73 Å². The number of rotatable bonds is 9. The van der Waals surface area contributed by atoms with E-state index in [-0.39, 0.29) is 39.6 Å². The molecule has 35 heavy (non-hydrogen) atoms. The number of nitrogens with two attached hydrogens (primary N) is 1. The molecule has 0 bridgehead atoms. The standard InChI is InChI=1S/C23H22Cl3N5O3S/c1-14(31-8-2-3-17(31)12-27)9-21(23(32)29-13-15-4-6-16(24)7-5-15)30-35(33,34)18-10-19(25)22(28)20(26)11-18/h2-8,10-11,14,21,30H,9,13,28H2,1H3,(H,29,32). The number of sulfonamides is 1. The van der Waals surface area contributed by atoms with Crippen molar-refractivity contribution >= 4 is 56.4 Å². The molecule has 0 saturated carbocycles. The van der Waals surface area contributed by atoms with E-state index in [0.717, 1.165) is 17.7 Å². The molecule has 2 unspecified atom stereocenters. The summed E-state index contributed by atoms with van der Waals surface area (Å²) in [7, 11) is -4.21. The number of anilines is 1. The van der Waals surface area contributed by atoms with E-state index < -0.39 is 22.0 Å². The molecule has 2 aromatic carbocycles. The lowest BCUT2D eigenvalue weighted by molar-refractivity contribution is -0.123. The summed E-state index contributed by atoms with van der Waals surface area (Å²) in [6, 6.07) is 13.1. The number of hydrogen-bond acceptors (Lipinski definition) is 5. The molecule has 0 aliphatic heterocycles. The second kappa shape index (κ2) is 11.3. The molecule has 0 aliphatic rings. The Morgan fingerprint density at radius 1 is 1.14 bits per heavy atom. The topological polar surface area (TPSA) is 130 Å². The van der Waals surface area contributed by atoms with Crippen LogP contribution in [0.2, 0.25) is 15.1 Å². The minimum absolute atomic E-state index is 0.0269. The van der Waals surface area contributed by atoms with Crippen molar-refractivity contribution in [3.63, 3.8) is 0 Å². The molecule has 0 aliphatic carbocycles. The first-order valence-electron chi connectivity index (χ1n) is 10.4. The fraction of sp³-hybridized carbons (Fsp3) is 0.217. The molecule has 0 radical (unpaired) electrons. The first-order valence-corrected chi connectivity index (χ1v) is 13.0. The number of nitriles is 1. The molecule has 0 spiro atoms. The number of carbonyl (C=O) groups is 1. The average Bonchev–Trinajstić information content (AvgIpc) is 3.30. The molecule has 1 aromatic heterocycles. The molecule has 1 heterocycles. The second-order valence-electron chi connectivity index (χ2n) is 7.82. The van der Waals surface area contributed by atoms with E-state index in [1.165, 1.54) is 0 Å². The third-order valence-corrected chi connectivity index (χ3v) is 7.63. The Balaban J connectivity index is 1.86. The maximum Gasteiger partial charge on any atom is 0.241 e. The van der Waals surface area contributed by atoms with Crippen LogP contribution in [0.15, 0.2) is 59.6 Å². The van der Waals surface area contributed by atoms with Crippen LogP contribution in [0.4, 0.5) is 5.69 Å². The number of halogens is 3. The lowest BCUT2D eigenvalue weighted by Crippen LogP contribution is -2.47. The Morgan fingerprint density at radius 2 is 1.77 bits per heavy atom. The molecule has 3 aromatic rings. The van der Waals surface area contributed by atoms with E-state index in [1.54, 1.807) is 54.1 Å². The van der Waals surface area contributed by atoms with Gasteiger partial charge < -0.3 is 15.6 Å². The van der Waals surface area contributed by atoms with Crippen LogP contribution in [0.1, 0.15) is 30.6 Å². The highest BCUT2D eigenvalue weighted by atomic mass is 35.5. The van der Waals surface area contributed by atoms with Gasteiger partial charge in [0.2, 0.25) is 15.9 Å². The maximum atomic E-state index is 13.1. The number of hydrogen-bond donors (Lipinski definition) is 3. The highest BCUT2D eigenvalue weighted by Crippen LogP contribution is 2.31. The van der Waals surface area contributed by atoms with Crippen molar-refractivity contribution < 1.29 is 13.2 Å². The molecule has 12 heteroatoms. The van der Waals surface area contributed by atoms with Gasteiger partial charge in [-0.25, -0.2) is 8.42 Å². The first kappa shape index (κ1) is 26.9. The lowest BCUT2D eigenvalue weighted by Gasteiger charge is -2.23. The quantitative estimate of drug-likeness (QED) is 0.335. The van der Waals surface area contributed by atoms with Gasteiger partial charge in [0.15, 0.2) is 0 Å². The van der Waals surface area contributed by atoms with E-state index >= 15 is 0 Å². The Labute approximate surface area is 218 Å². The third kappa shape index (κ3) is 6.69. The Bertz CT molecular complexity index is 1340. The molecule has 0 fully saturated rings. The van der Waals surface area contributed by atoms with Crippen LogP contribution in [0, 0.1) is 11.3 Å². The van der Waals surface area contributed by atoms with Crippen LogP contribution in [-0.2, 0) is 21.4 Å². The fourth-order valence-electron chi connectivity index (χ4n) is 3.42. The zero-order chi connectivity index (χ0) is 25.8. The highest BCUT2D eigenvalue weighted by Gasteiger charge is 2.29. The van der Waals surface area contributed by atoms with E-state index in [9.17, 15) is 18.5 Å². The summed E-state index contributed by atoms with van der Waals surface area (Å²) in [6.45, 7) is 1.95. The van der Waals surface area contributed by atoms with Crippen molar-refractivity contribution in [3.8, 4) is 6.07 Å². The first-order chi connectivity index (χ1) is 16.5. The summed E-state index contributed by atoms with van der Waals surface area (Å²) in [5.74, 6) is -0.548. The third-order valence-electron chi connectivity index (χ3n) is 5.30. The summed E-state index contributed by atoms with van der Waals surface area (Å²) in [6.07, 6.45) is 1.76. The number of carbonyl (C=O) groups excluding carboxylic acids is 1. The predicted molar refractivity (Wildman–Crippen MR) is 137 cm³/mol. The molecule has 1 amide bonds. The van der Waals surface area contributed by atoms with Gasteiger partial charge in [0.05, 0.1) is 20.6 Å². The van der Waals surface area contributed by atoms with E-state index in [1.807, 2.05) is 0 Å². The second-order valence-corrected chi connectivity index (χ2v) is 10.8. The summed E-state index contributed by atoms with van der Waals surface area (Å²) in [5, 5.41) is 12.6. The number of nitrogen functional groups attached to an aromatic ring is 1. The van der Waals surface area contributed by atoms with Gasteiger partial charge in [-0.05, 0) is 55.3 Å². The van der Waals surface area contributed by atoms with Gasteiger partial charge in [-0.15, -0.1) is 0 Å². The molecule has 3 rings (SSSR count). The average molecular weight is 555 g/mol. The summed E-state index contributed by atoms with van der Waals surface area (Å²) >= 11 is 17.9. The smallest absolute Gasteiger partial charge is 0.241 e. The molecule has 8 nitrogen and oxygen atoms in total. The maximum absolute atomic E-state index is 13.1. The SMILES string of the molecule is CC(CC(NS(=O)(=O)c1cc(Cl)c(N)c(Cl)c1)C(=O)NCc1ccc(Cl)cc1)n1cccc1C#N. The van der Waals surface area contributed by atoms with E-state index in [2.05, 4.69) is 16.1 Å². The van der Waals surface area contributed by atoms with Gasteiger partial charge in [-0.2, -0.15) is 9.98 Å². The molecule has 2 atom stereocenters. The fourth-order valence-corrected chi connectivity index (χ4v) is 5.42. The summed E-state index contributed by atoms with van der Waals surface area (Å²) in [5.41, 5.74) is 6.94.